The van der Waals surface area contributed by atoms with Crippen LogP contribution in [-0.2, 0) is 15.0 Å². The van der Waals surface area contributed by atoms with Crippen molar-refractivity contribution < 1.29 is 9.59 Å². The number of aliphatic imine (C=N–C) groups is 1. The topological polar surface area (TPSA) is 49.7 Å². The van der Waals surface area contributed by atoms with Crippen LogP contribution in [0.1, 0.15) is 28.2 Å². The van der Waals surface area contributed by atoms with Gasteiger partial charge < -0.3 is 0 Å². The number of carbonyl (C=O) groups is 2. The number of anilines is 1. The third kappa shape index (κ3) is 3.02. The summed E-state index contributed by atoms with van der Waals surface area (Å²) in [5.74, 6) is -2.11. The monoisotopic (exact) mass is 556 g/mol. The molecule has 0 aromatic heterocycles. The Labute approximate surface area is 234 Å². The van der Waals surface area contributed by atoms with Gasteiger partial charge in [0, 0.05) is 12.1 Å². The van der Waals surface area contributed by atoms with E-state index in [1.165, 1.54) is 4.90 Å². The molecule has 0 spiro atoms. The molecule has 0 saturated carbocycles. The Bertz CT molecular complexity index is 1650. The molecule has 4 aliphatic rings. The maximum absolute atomic E-state index is 14.4. The molecule has 38 heavy (non-hydrogen) atoms. The average Bonchev–Trinajstić information content (AvgIpc) is 3.20. The number of hydrogen-bond acceptors (Lipinski definition) is 3. The SMILES string of the molecule is O=C1[C@H]2C3c4ccccc4C(C=Nc4cccc(Cl)c4Cl)(c4ccccc43)[C@H]2C(=O)N1c1ccccc1Cl. The highest BCUT2D eigenvalue weighted by Crippen LogP contribution is 2.64. The predicted molar refractivity (Wildman–Crippen MR) is 151 cm³/mol. The molecule has 0 N–H and O–H groups in total. The zero-order chi connectivity index (χ0) is 26.2. The van der Waals surface area contributed by atoms with Crippen LogP contribution < -0.4 is 4.90 Å². The first-order chi connectivity index (χ1) is 18.4. The van der Waals surface area contributed by atoms with Crippen LogP contribution in [0.15, 0.2) is 96.0 Å². The molecule has 1 aliphatic heterocycles. The van der Waals surface area contributed by atoms with Crippen molar-refractivity contribution in [2.24, 2.45) is 16.8 Å². The van der Waals surface area contributed by atoms with Crippen molar-refractivity contribution in [3.05, 3.63) is 128 Å². The molecule has 7 heteroatoms. The molecule has 186 valence electrons. The summed E-state index contributed by atoms with van der Waals surface area (Å²) in [6.45, 7) is 0. The van der Waals surface area contributed by atoms with Crippen molar-refractivity contribution >= 4 is 64.2 Å². The summed E-state index contributed by atoms with van der Waals surface area (Å²) < 4.78 is 0. The molecule has 1 heterocycles. The number of rotatable bonds is 3. The molecule has 4 aromatic rings. The Balaban J connectivity index is 1.53. The molecule has 2 amide bonds. The van der Waals surface area contributed by atoms with Crippen molar-refractivity contribution in [1.82, 2.24) is 0 Å². The fourth-order valence-corrected chi connectivity index (χ4v) is 7.25. The molecule has 2 bridgehead atoms. The summed E-state index contributed by atoms with van der Waals surface area (Å²) in [6, 6.07) is 28.3. The van der Waals surface area contributed by atoms with E-state index >= 15 is 0 Å². The highest BCUT2D eigenvalue weighted by atomic mass is 35.5. The minimum atomic E-state index is -0.999. The van der Waals surface area contributed by atoms with Gasteiger partial charge in [-0.05, 0) is 46.5 Å². The number of hydrogen-bond donors (Lipinski definition) is 0. The van der Waals surface area contributed by atoms with Gasteiger partial charge in [0.25, 0.3) is 0 Å². The quantitative estimate of drug-likeness (QED) is 0.192. The molecule has 1 fully saturated rings. The van der Waals surface area contributed by atoms with Crippen LogP contribution in [0.25, 0.3) is 0 Å². The largest absolute Gasteiger partial charge is 0.274 e. The number of amides is 2. The van der Waals surface area contributed by atoms with Gasteiger partial charge >= 0.3 is 0 Å². The number of para-hydroxylation sites is 1. The minimum Gasteiger partial charge on any atom is -0.274 e. The van der Waals surface area contributed by atoms with Crippen molar-refractivity contribution in [3.8, 4) is 0 Å². The first-order valence-electron chi connectivity index (χ1n) is 12.3. The molecular weight excluding hydrogens is 539 g/mol. The first kappa shape index (κ1) is 23.7. The van der Waals surface area contributed by atoms with E-state index in [4.69, 9.17) is 39.8 Å². The van der Waals surface area contributed by atoms with Gasteiger partial charge in [-0.25, -0.2) is 4.90 Å². The van der Waals surface area contributed by atoms with Crippen LogP contribution in [0.5, 0.6) is 0 Å². The number of halogens is 3. The smallest absolute Gasteiger partial charge is 0.239 e. The summed E-state index contributed by atoms with van der Waals surface area (Å²) in [5.41, 5.74) is 3.88. The maximum atomic E-state index is 14.4. The number of benzene rings is 4. The van der Waals surface area contributed by atoms with Gasteiger partial charge in [-0.3, -0.25) is 14.6 Å². The van der Waals surface area contributed by atoms with Crippen LogP contribution in [0.4, 0.5) is 11.4 Å². The van der Waals surface area contributed by atoms with Crippen molar-refractivity contribution in [2.45, 2.75) is 11.3 Å². The lowest BCUT2D eigenvalue weighted by molar-refractivity contribution is -0.122. The Morgan fingerprint density at radius 1 is 0.711 bits per heavy atom. The molecular formula is C31H19Cl3N2O2. The van der Waals surface area contributed by atoms with Crippen LogP contribution in [0, 0.1) is 11.8 Å². The van der Waals surface area contributed by atoms with Gasteiger partial charge in [-0.2, -0.15) is 0 Å². The summed E-state index contributed by atoms with van der Waals surface area (Å²) in [4.78, 5) is 34.7. The van der Waals surface area contributed by atoms with Gasteiger partial charge in [0.2, 0.25) is 11.8 Å². The van der Waals surface area contributed by atoms with Crippen LogP contribution in [0.2, 0.25) is 15.1 Å². The third-order valence-corrected chi connectivity index (χ3v) is 9.24. The second kappa shape index (κ2) is 8.54. The third-order valence-electron chi connectivity index (χ3n) is 8.12. The van der Waals surface area contributed by atoms with E-state index < -0.39 is 17.3 Å². The Hall–Kier alpha value is -3.44. The van der Waals surface area contributed by atoms with Gasteiger partial charge in [0.05, 0.1) is 43.7 Å². The van der Waals surface area contributed by atoms with E-state index in [1.54, 1.807) is 48.7 Å². The van der Waals surface area contributed by atoms with Crippen molar-refractivity contribution in [3.63, 3.8) is 0 Å². The van der Waals surface area contributed by atoms with Gasteiger partial charge in [-0.15, -0.1) is 0 Å². The Morgan fingerprint density at radius 2 is 1.32 bits per heavy atom. The highest BCUT2D eigenvalue weighted by molar-refractivity contribution is 6.43. The summed E-state index contributed by atoms with van der Waals surface area (Å²) in [5, 5.41) is 1.07. The van der Waals surface area contributed by atoms with Crippen molar-refractivity contribution in [2.75, 3.05) is 4.90 Å². The Kier molecular flexibility index (Phi) is 5.31. The van der Waals surface area contributed by atoms with E-state index in [-0.39, 0.29) is 17.7 Å². The summed E-state index contributed by atoms with van der Waals surface area (Å²) in [7, 11) is 0. The molecule has 4 nitrogen and oxygen atoms in total. The normalized spacial score (nSPS) is 25.0. The van der Waals surface area contributed by atoms with E-state index in [2.05, 4.69) is 12.1 Å². The lowest BCUT2D eigenvalue weighted by Gasteiger charge is -2.52. The molecule has 0 unspecified atom stereocenters. The summed E-state index contributed by atoms with van der Waals surface area (Å²) in [6.07, 6.45) is 1.80. The fourth-order valence-electron chi connectivity index (χ4n) is 6.68. The molecule has 1 saturated heterocycles. The van der Waals surface area contributed by atoms with Gasteiger partial charge in [0.1, 0.15) is 0 Å². The van der Waals surface area contributed by atoms with Gasteiger partial charge in [0.15, 0.2) is 0 Å². The van der Waals surface area contributed by atoms with E-state index in [9.17, 15) is 9.59 Å². The minimum absolute atomic E-state index is 0.249. The van der Waals surface area contributed by atoms with Crippen LogP contribution in [0.3, 0.4) is 0 Å². The van der Waals surface area contributed by atoms with Crippen LogP contribution >= 0.6 is 34.8 Å². The van der Waals surface area contributed by atoms with E-state index in [0.717, 1.165) is 22.3 Å². The fraction of sp³-hybridized carbons (Fsp3) is 0.129. The standard InChI is InChI=1S/C31H19Cl3N2O2/c32-21-12-5-6-15-24(21)36-29(37)26-25-17-8-1-3-10-19(17)31(27(26)30(36)38,20-11-4-2-9-18(20)25)16-35-23-14-7-13-22(33)28(23)34/h1-16,25-27H/t25?,26-,27+,31?/m0/s1. The highest BCUT2D eigenvalue weighted by Gasteiger charge is 2.68. The van der Waals surface area contributed by atoms with Crippen molar-refractivity contribution in [1.29, 1.82) is 0 Å². The maximum Gasteiger partial charge on any atom is 0.239 e. The zero-order valence-corrected chi connectivity index (χ0v) is 22.1. The lowest BCUT2D eigenvalue weighted by Crippen LogP contribution is -2.54. The zero-order valence-electron chi connectivity index (χ0n) is 19.8. The molecule has 4 aromatic carbocycles. The van der Waals surface area contributed by atoms with E-state index in [1.807, 2.05) is 36.4 Å². The molecule has 3 aliphatic carbocycles. The van der Waals surface area contributed by atoms with E-state index in [0.29, 0.717) is 26.4 Å². The Morgan fingerprint density at radius 3 is 2.00 bits per heavy atom. The second-order valence-electron chi connectivity index (χ2n) is 9.82. The molecule has 8 rings (SSSR count). The second-order valence-corrected chi connectivity index (χ2v) is 11.0. The molecule has 2 atom stereocenters. The number of nitrogens with zero attached hydrogens (tertiary/aromatic N) is 2. The number of carbonyl (C=O) groups excluding carboxylic acids is 2. The lowest BCUT2D eigenvalue weighted by atomic mass is 9.47. The van der Waals surface area contributed by atoms with Gasteiger partial charge in [-0.1, -0.05) is 102 Å². The first-order valence-corrected chi connectivity index (χ1v) is 13.4. The predicted octanol–water partition coefficient (Wildman–Crippen LogP) is 7.60. The van der Waals surface area contributed by atoms with Crippen LogP contribution in [-0.4, -0.2) is 18.0 Å². The molecule has 0 radical (unpaired) electrons. The summed E-state index contributed by atoms with van der Waals surface area (Å²) >= 11 is 19.3. The average molecular weight is 558 g/mol. The number of imide groups is 1.